The lowest BCUT2D eigenvalue weighted by atomic mass is 9.82. The molecule has 3 heterocycles. The molecule has 0 spiro atoms. The van der Waals surface area contributed by atoms with E-state index in [9.17, 15) is 13.2 Å². The maximum absolute atomic E-state index is 13.6. The first-order valence-electron chi connectivity index (χ1n) is 14.0. The molecule has 13 heteroatoms. The third-order valence-electron chi connectivity index (χ3n) is 8.42. The fourth-order valence-corrected chi connectivity index (χ4v) is 6.58. The van der Waals surface area contributed by atoms with Crippen LogP contribution in [0.25, 0.3) is 5.69 Å². The summed E-state index contributed by atoms with van der Waals surface area (Å²) in [5.41, 5.74) is 3.48. The van der Waals surface area contributed by atoms with E-state index in [-0.39, 0.29) is 54.6 Å². The molecule has 8 nitrogen and oxygen atoms in total. The number of fused-ring (bicyclic) bond motifs is 1. The van der Waals surface area contributed by atoms with Crippen molar-refractivity contribution in [3.05, 3.63) is 101 Å². The summed E-state index contributed by atoms with van der Waals surface area (Å²) in [7, 11) is 3.34. The van der Waals surface area contributed by atoms with Gasteiger partial charge in [-0.2, -0.15) is 17.9 Å². The van der Waals surface area contributed by atoms with Crippen molar-refractivity contribution in [2.24, 2.45) is 0 Å². The fraction of sp³-hybridized carbons (Fsp3) is 0.387. The van der Waals surface area contributed by atoms with Gasteiger partial charge < -0.3 is 9.47 Å². The van der Waals surface area contributed by atoms with Crippen LogP contribution in [0.4, 0.5) is 13.2 Å². The summed E-state index contributed by atoms with van der Waals surface area (Å²) in [6, 6.07) is 26.5. The number of hydrogen-bond donors (Lipinski definition) is 0. The molecule has 0 aliphatic carbocycles. The molecule has 3 aromatic carbocycles. The monoisotopic (exact) mass is 650 g/mol. The highest BCUT2D eigenvalue weighted by Gasteiger charge is 2.45. The molecule has 2 aliphatic rings. The van der Waals surface area contributed by atoms with Gasteiger partial charge in [0.15, 0.2) is 0 Å². The highest BCUT2D eigenvalue weighted by molar-refractivity contribution is 5.85. The third kappa shape index (κ3) is 6.87. The van der Waals surface area contributed by atoms with Crippen LogP contribution in [0.15, 0.2) is 78.9 Å². The number of halogens is 5. The van der Waals surface area contributed by atoms with Gasteiger partial charge in [0.2, 0.25) is 0 Å². The SMILES string of the molecule is COc1ccc(-n2nnnc2C(F)(F)F)cc1CN1C[C@@H]2C[C@H](OC)CN2[C@H](C(c2ccccc2)c2ccccc2)C1.Cl.Cl. The number of hydrogen-bond acceptors (Lipinski definition) is 7. The molecule has 1 aromatic heterocycles. The van der Waals surface area contributed by atoms with Crippen LogP contribution in [-0.4, -0.2) is 82.0 Å². The average Bonchev–Trinajstić information content (AvgIpc) is 3.66. The Morgan fingerprint density at radius 3 is 2.14 bits per heavy atom. The van der Waals surface area contributed by atoms with E-state index in [4.69, 9.17) is 9.47 Å². The Balaban J connectivity index is 0.00000221. The molecule has 6 rings (SSSR count). The van der Waals surface area contributed by atoms with Gasteiger partial charge in [-0.15, -0.1) is 29.9 Å². The topological polar surface area (TPSA) is 68.5 Å². The zero-order valence-corrected chi connectivity index (χ0v) is 25.9. The normalized spacial score (nSPS) is 20.5. The van der Waals surface area contributed by atoms with Crippen molar-refractivity contribution in [1.82, 2.24) is 30.0 Å². The lowest BCUT2D eigenvalue weighted by molar-refractivity contribution is -0.146. The van der Waals surface area contributed by atoms with Crippen molar-refractivity contribution in [3.8, 4) is 11.4 Å². The molecule has 0 saturated carbocycles. The maximum atomic E-state index is 13.6. The van der Waals surface area contributed by atoms with Gasteiger partial charge in [-0.3, -0.25) is 9.80 Å². The maximum Gasteiger partial charge on any atom is 0.453 e. The largest absolute Gasteiger partial charge is 0.496 e. The van der Waals surface area contributed by atoms with Crippen LogP contribution >= 0.6 is 24.8 Å². The Hall–Kier alpha value is -3.22. The Bertz CT molecular complexity index is 1460. The van der Waals surface area contributed by atoms with E-state index in [2.05, 4.69) is 73.9 Å². The molecule has 2 fully saturated rings. The van der Waals surface area contributed by atoms with Gasteiger partial charge in [0, 0.05) is 56.9 Å². The number of alkyl halides is 3. The molecule has 0 bridgehead atoms. The van der Waals surface area contributed by atoms with Crippen molar-refractivity contribution in [1.29, 1.82) is 0 Å². The Morgan fingerprint density at radius 2 is 1.55 bits per heavy atom. The Morgan fingerprint density at radius 1 is 0.886 bits per heavy atom. The van der Waals surface area contributed by atoms with Crippen LogP contribution in [0.3, 0.4) is 0 Å². The number of methoxy groups -OCH3 is 2. The van der Waals surface area contributed by atoms with Crippen molar-refractivity contribution >= 4 is 24.8 Å². The van der Waals surface area contributed by atoms with E-state index >= 15 is 0 Å². The number of aromatic nitrogens is 4. The zero-order chi connectivity index (χ0) is 29.3. The van der Waals surface area contributed by atoms with Gasteiger partial charge >= 0.3 is 6.18 Å². The summed E-state index contributed by atoms with van der Waals surface area (Å²) < 4.78 is 52.9. The summed E-state index contributed by atoms with van der Waals surface area (Å²) in [4.78, 5) is 4.98. The van der Waals surface area contributed by atoms with Gasteiger partial charge in [-0.05, 0) is 46.2 Å². The van der Waals surface area contributed by atoms with Crippen LogP contribution in [0, 0.1) is 0 Å². The second-order valence-corrected chi connectivity index (χ2v) is 10.9. The number of ether oxygens (including phenoxy) is 2. The molecule has 4 aromatic rings. The van der Waals surface area contributed by atoms with E-state index in [1.54, 1.807) is 26.4 Å². The smallest absolute Gasteiger partial charge is 0.453 e. The minimum Gasteiger partial charge on any atom is -0.496 e. The summed E-state index contributed by atoms with van der Waals surface area (Å²) >= 11 is 0. The Kier molecular flexibility index (Phi) is 10.9. The van der Waals surface area contributed by atoms with Crippen molar-refractivity contribution in [2.45, 2.75) is 43.2 Å². The van der Waals surface area contributed by atoms with Gasteiger partial charge in [-0.25, -0.2) is 0 Å². The van der Waals surface area contributed by atoms with E-state index < -0.39 is 12.0 Å². The van der Waals surface area contributed by atoms with Crippen LogP contribution in [0.5, 0.6) is 5.75 Å². The zero-order valence-electron chi connectivity index (χ0n) is 24.3. The quantitative estimate of drug-likeness (QED) is 0.245. The lowest BCUT2D eigenvalue weighted by Crippen LogP contribution is -2.58. The van der Waals surface area contributed by atoms with Gasteiger partial charge in [0.05, 0.1) is 18.9 Å². The van der Waals surface area contributed by atoms with E-state index in [0.29, 0.717) is 12.3 Å². The van der Waals surface area contributed by atoms with Crippen molar-refractivity contribution in [2.75, 3.05) is 33.9 Å². The third-order valence-corrected chi connectivity index (χ3v) is 8.42. The molecule has 0 unspecified atom stereocenters. The minimum absolute atomic E-state index is 0. The van der Waals surface area contributed by atoms with Gasteiger partial charge in [0.1, 0.15) is 5.75 Å². The highest BCUT2D eigenvalue weighted by atomic mass is 35.5. The second kappa shape index (κ2) is 14.3. The number of nitrogens with zero attached hydrogens (tertiary/aromatic N) is 6. The molecule has 0 radical (unpaired) electrons. The molecular weight excluding hydrogens is 616 g/mol. The Labute approximate surface area is 267 Å². The van der Waals surface area contributed by atoms with Crippen LogP contribution in [0.2, 0.25) is 0 Å². The van der Waals surface area contributed by atoms with E-state index in [0.717, 1.165) is 36.3 Å². The molecule has 2 saturated heterocycles. The van der Waals surface area contributed by atoms with Crippen LogP contribution < -0.4 is 4.74 Å². The molecule has 0 amide bonds. The molecule has 3 atom stereocenters. The average molecular weight is 652 g/mol. The molecule has 0 N–H and O–H groups in total. The lowest BCUT2D eigenvalue weighted by Gasteiger charge is -2.47. The fourth-order valence-electron chi connectivity index (χ4n) is 6.58. The molecule has 236 valence electrons. The number of rotatable bonds is 8. The summed E-state index contributed by atoms with van der Waals surface area (Å²) in [6.07, 6.45) is -3.63. The first kappa shape index (κ1) is 33.7. The predicted octanol–water partition coefficient (Wildman–Crippen LogP) is 5.64. The predicted molar refractivity (Wildman–Crippen MR) is 165 cm³/mol. The number of tetrazole rings is 1. The minimum atomic E-state index is -4.68. The van der Waals surface area contributed by atoms with Crippen LogP contribution in [0.1, 0.15) is 34.9 Å². The second-order valence-electron chi connectivity index (χ2n) is 10.9. The van der Waals surface area contributed by atoms with Crippen molar-refractivity contribution < 1.29 is 22.6 Å². The van der Waals surface area contributed by atoms with E-state index in [1.165, 1.54) is 17.2 Å². The number of piperazine rings is 1. The summed E-state index contributed by atoms with van der Waals surface area (Å²) in [5, 5.41) is 10.1. The molecule has 44 heavy (non-hydrogen) atoms. The first-order valence-corrected chi connectivity index (χ1v) is 14.0. The summed E-state index contributed by atoms with van der Waals surface area (Å²) in [6.45, 7) is 2.91. The summed E-state index contributed by atoms with van der Waals surface area (Å²) in [5.74, 6) is -0.447. The van der Waals surface area contributed by atoms with E-state index in [1.807, 2.05) is 12.1 Å². The standard InChI is InChI=1S/C31H33F3N6O2.2ClH/c1-41-26-16-25-18-38(17-23-15-24(13-14-28(23)42-2)40-30(31(32,33)34)35-36-37-40)20-27(39(25)19-26)29(21-9-5-3-6-10-21)22-11-7-4-8-12-22;;/h3-15,25-27,29H,16-20H2,1-2H3;2*1H/t25-,26-,27-;;/m0../s1. The van der Waals surface area contributed by atoms with Gasteiger partial charge in [0.25, 0.3) is 5.82 Å². The number of benzene rings is 3. The molecule has 2 aliphatic heterocycles. The van der Waals surface area contributed by atoms with Gasteiger partial charge in [-0.1, -0.05) is 60.7 Å². The first-order chi connectivity index (χ1) is 20.4. The van der Waals surface area contributed by atoms with Crippen LogP contribution in [-0.2, 0) is 17.5 Å². The van der Waals surface area contributed by atoms with Crippen molar-refractivity contribution in [3.63, 3.8) is 0 Å². The highest BCUT2D eigenvalue weighted by Crippen LogP contribution is 2.39. The molecular formula is C31H35Cl2F3N6O2.